The molecular weight excluding hydrogens is 807 g/mol. The summed E-state index contributed by atoms with van der Waals surface area (Å²) in [5.41, 5.74) is 2.89. The van der Waals surface area contributed by atoms with Gasteiger partial charge in [-0.15, -0.1) is 34.5 Å². The molecule has 1 aromatic heterocycles. The second kappa shape index (κ2) is 16.6. The maximum atomic E-state index is 14.4. The molecule has 4 N–H and O–H groups in total. The van der Waals surface area contributed by atoms with Gasteiger partial charge in [-0.2, -0.15) is 0 Å². The summed E-state index contributed by atoms with van der Waals surface area (Å²) in [5, 5.41) is 37.0. The Hall–Kier alpha value is -4.51. The number of ether oxygens (including phenoxy) is 3. The van der Waals surface area contributed by atoms with Crippen LogP contribution in [0.1, 0.15) is 42.3 Å². The quantitative estimate of drug-likeness (QED) is 0.132. The lowest BCUT2D eigenvalue weighted by molar-refractivity contribution is -0.241. The van der Waals surface area contributed by atoms with Crippen LogP contribution in [0.4, 0.5) is 16.2 Å². The van der Waals surface area contributed by atoms with Gasteiger partial charge in [0.2, 0.25) is 6.29 Å². The van der Waals surface area contributed by atoms with E-state index in [2.05, 4.69) is 5.32 Å². The van der Waals surface area contributed by atoms with E-state index in [1.54, 1.807) is 48.2 Å². The topological polar surface area (TPSA) is 161 Å². The largest absolute Gasteiger partial charge is 0.461 e. The van der Waals surface area contributed by atoms with E-state index in [4.69, 9.17) is 37.4 Å². The van der Waals surface area contributed by atoms with Crippen molar-refractivity contribution in [2.45, 2.75) is 36.4 Å². The fourth-order valence-electron chi connectivity index (χ4n) is 8.03. The summed E-state index contributed by atoms with van der Waals surface area (Å²) < 4.78 is 17.6. The molecule has 58 heavy (non-hydrogen) atoms. The number of carbonyl (C=O) groups is 3. The molecule has 4 aromatic carbocycles. The van der Waals surface area contributed by atoms with Crippen LogP contribution >= 0.6 is 34.5 Å². The van der Waals surface area contributed by atoms with Crippen molar-refractivity contribution in [2.75, 3.05) is 68.4 Å². The van der Waals surface area contributed by atoms with E-state index in [-0.39, 0.29) is 48.6 Å². The third kappa shape index (κ3) is 7.15. The number of aliphatic hydroxyl groups excluding tert-OH is 3. The monoisotopic (exact) mass is 848 g/mol. The van der Waals surface area contributed by atoms with Gasteiger partial charge in [0.15, 0.2) is 0 Å². The highest BCUT2D eigenvalue weighted by Gasteiger charge is 2.41. The predicted octanol–water partition coefficient (Wildman–Crippen LogP) is 5.49. The number of halogens is 2. The Morgan fingerprint density at radius 3 is 1.86 bits per heavy atom. The fraction of sp³-hybridized carbons (Fsp3) is 0.357. The minimum absolute atomic E-state index is 0.192. The number of hydrogen-bond acceptors (Lipinski definition) is 11. The van der Waals surface area contributed by atoms with Crippen molar-refractivity contribution < 1.29 is 43.9 Å². The van der Waals surface area contributed by atoms with Crippen molar-refractivity contribution in [2.24, 2.45) is 0 Å². The number of alkyl halides is 2. The zero-order valence-electron chi connectivity index (χ0n) is 31.6. The first-order valence-electron chi connectivity index (χ1n) is 18.9. The second-order valence-electron chi connectivity index (χ2n) is 14.7. The minimum Gasteiger partial charge on any atom is -0.461 e. The molecule has 1 fully saturated rings. The fourth-order valence-corrected chi connectivity index (χ4v) is 9.44. The Morgan fingerprint density at radius 2 is 1.33 bits per heavy atom. The number of hydrogen-bond donors (Lipinski definition) is 4. The SMILES string of the molecule is CNCCN(C)C(=O)Oc1cc2c(c3ccccc13)[C@H](CCl)CN2C(=O)c1ccc(C(=O)N2C[C@@H](CCl)c3c2cc(O[C@@H]2OC[C@H](O)[C@H](O)[C@H]2O)c2ccccc32)s1. The Labute approximate surface area is 348 Å². The summed E-state index contributed by atoms with van der Waals surface area (Å²) in [6.45, 7) is 1.36. The maximum Gasteiger partial charge on any atom is 0.415 e. The molecular formula is C42H42Cl2N4O9S. The summed E-state index contributed by atoms with van der Waals surface area (Å²) in [6, 6.07) is 21.7. The first-order chi connectivity index (χ1) is 28.0. The van der Waals surface area contributed by atoms with E-state index < -0.39 is 30.7 Å². The van der Waals surface area contributed by atoms with E-state index in [1.807, 2.05) is 48.5 Å². The molecule has 5 aromatic rings. The second-order valence-corrected chi connectivity index (χ2v) is 16.4. The number of nitrogens with zero attached hydrogens (tertiary/aromatic N) is 3. The highest BCUT2D eigenvalue weighted by molar-refractivity contribution is 7.16. The van der Waals surface area contributed by atoms with Gasteiger partial charge >= 0.3 is 6.09 Å². The summed E-state index contributed by atoms with van der Waals surface area (Å²) >= 11 is 14.1. The van der Waals surface area contributed by atoms with Crippen LogP contribution in [0.3, 0.4) is 0 Å². The molecule has 0 aliphatic carbocycles. The zero-order chi connectivity index (χ0) is 40.8. The van der Waals surface area contributed by atoms with Crippen LogP contribution in [0, 0.1) is 0 Å². The number of amides is 3. The van der Waals surface area contributed by atoms with Gasteiger partial charge in [-0.25, -0.2) is 4.79 Å². The standard InChI is InChI=1S/C42H42Cl2N4O9S/c1-45-13-14-46(2)42(54)57-32-16-29-36(27-10-6-4-8-25(27)32)23(18-44)20-48(29)40(53)34-12-11-33(58-34)39(52)47-19-22(17-43)35-26-9-5-3-7-24(26)31(15-28(35)47)56-41-38(51)37(50)30(49)21-55-41/h3-12,15-16,22-23,30,37-38,41,45,49-51H,13-14,17-21H2,1-2H3/t22-,23-,30+,37+,38-,41+/m1/s1. The van der Waals surface area contributed by atoms with Crippen LogP contribution < -0.4 is 24.6 Å². The number of benzene rings is 4. The van der Waals surface area contributed by atoms with Crippen LogP contribution in [-0.2, 0) is 4.74 Å². The van der Waals surface area contributed by atoms with E-state index in [1.165, 1.54) is 4.90 Å². The Morgan fingerprint density at radius 1 is 0.810 bits per heavy atom. The number of aliphatic hydroxyl groups is 3. The number of thiophene rings is 1. The van der Waals surface area contributed by atoms with Gasteiger partial charge in [-0.3, -0.25) is 9.59 Å². The third-order valence-corrected chi connectivity index (χ3v) is 12.9. The van der Waals surface area contributed by atoms with Crippen LogP contribution in [0.2, 0.25) is 0 Å². The molecule has 6 atom stereocenters. The lowest BCUT2D eigenvalue weighted by atomic mass is 9.95. The summed E-state index contributed by atoms with van der Waals surface area (Å²) in [4.78, 5) is 47.4. The molecule has 0 saturated carbocycles. The number of fused-ring (bicyclic) bond motifs is 6. The van der Waals surface area contributed by atoms with Crippen molar-refractivity contribution in [3.63, 3.8) is 0 Å². The number of anilines is 2. The molecule has 1 saturated heterocycles. The van der Waals surface area contributed by atoms with Crippen molar-refractivity contribution in [1.82, 2.24) is 10.2 Å². The summed E-state index contributed by atoms with van der Waals surface area (Å²) in [6.07, 6.45) is -6.07. The van der Waals surface area contributed by atoms with Gasteiger partial charge < -0.3 is 49.5 Å². The average molecular weight is 850 g/mol. The molecule has 16 heteroatoms. The van der Waals surface area contributed by atoms with Gasteiger partial charge in [0.1, 0.15) is 29.8 Å². The maximum absolute atomic E-state index is 14.4. The normalized spacial score (nSPS) is 22.6. The van der Waals surface area contributed by atoms with Crippen molar-refractivity contribution in [3.05, 3.63) is 93.7 Å². The summed E-state index contributed by atoms with van der Waals surface area (Å²) in [5.74, 6) is 0.0462. The molecule has 0 spiro atoms. The smallest absolute Gasteiger partial charge is 0.415 e. The molecule has 3 amide bonds. The first kappa shape index (κ1) is 40.3. The molecule has 8 rings (SSSR count). The molecule has 304 valence electrons. The van der Waals surface area contributed by atoms with Gasteiger partial charge in [0.25, 0.3) is 11.8 Å². The van der Waals surface area contributed by atoms with Gasteiger partial charge in [0.05, 0.1) is 27.7 Å². The van der Waals surface area contributed by atoms with Crippen LogP contribution in [-0.4, -0.2) is 121 Å². The molecule has 0 bridgehead atoms. The lowest BCUT2D eigenvalue weighted by Crippen LogP contribution is -2.54. The minimum atomic E-state index is -1.52. The Balaban J connectivity index is 1.10. The van der Waals surface area contributed by atoms with Crippen LogP contribution in [0.25, 0.3) is 21.5 Å². The Kier molecular flexibility index (Phi) is 11.5. The van der Waals surface area contributed by atoms with E-state index in [9.17, 15) is 29.7 Å². The first-order valence-corrected chi connectivity index (χ1v) is 20.8. The molecule has 3 aliphatic heterocycles. The van der Waals surface area contributed by atoms with Crippen LogP contribution in [0.5, 0.6) is 11.5 Å². The molecule has 0 unspecified atom stereocenters. The van der Waals surface area contributed by atoms with E-state index in [0.717, 1.165) is 38.6 Å². The third-order valence-electron chi connectivity index (χ3n) is 11.1. The predicted molar refractivity (Wildman–Crippen MR) is 223 cm³/mol. The van der Waals surface area contributed by atoms with Gasteiger partial charge in [0, 0.05) is 79.7 Å². The van der Waals surface area contributed by atoms with Crippen molar-refractivity contribution in [3.8, 4) is 11.5 Å². The number of likely N-dealkylation sites (N-methyl/N-ethyl adjacent to an activating group) is 2. The van der Waals surface area contributed by atoms with E-state index in [0.29, 0.717) is 57.6 Å². The number of carbonyl (C=O) groups excluding carboxylic acids is 3. The highest BCUT2D eigenvalue weighted by atomic mass is 35.5. The van der Waals surface area contributed by atoms with Crippen LogP contribution in [0.15, 0.2) is 72.8 Å². The number of rotatable bonds is 10. The zero-order valence-corrected chi connectivity index (χ0v) is 34.0. The highest BCUT2D eigenvalue weighted by Crippen LogP contribution is 2.48. The van der Waals surface area contributed by atoms with E-state index >= 15 is 0 Å². The lowest BCUT2D eigenvalue weighted by Gasteiger charge is -2.35. The Bertz CT molecular complexity index is 2400. The molecule has 4 heterocycles. The van der Waals surface area contributed by atoms with Crippen molar-refractivity contribution in [1.29, 1.82) is 0 Å². The molecule has 13 nitrogen and oxygen atoms in total. The van der Waals surface area contributed by atoms with Gasteiger partial charge in [-0.1, -0.05) is 48.5 Å². The van der Waals surface area contributed by atoms with Crippen molar-refractivity contribution >= 4 is 85.4 Å². The summed E-state index contributed by atoms with van der Waals surface area (Å²) in [7, 11) is 3.46. The molecule has 3 aliphatic rings. The van der Waals surface area contributed by atoms with Gasteiger partial charge in [-0.05, 0) is 41.1 Å². The number of nitrogens with one attached hydrogen (secondary N) is 1. The average Bonchev–Trinajstić information content (AvgIpc) is 3.99. The molecule has 0 radical (unpaired) electrons.